The first kappa shape index (κ1) is 15.2. The summed E-state index contributed by atoms with van der Waals surface area (Å²) in [7, 11) is 0. The van der Waals surface area contributed by atoms with Crippen molar-refractivity contribution in [1.29, 1.82) is 0 Å². The van der Waals surface area contributed by atoms with Crippen LogP contribution in [0.3, 0.4) is 0 Å². The number of nitrogens with zero attached hydrogens (tertiary/aromatic N) is 2. The minimum absolute atomic E-state index is 0.778. The zero-order valence-corrected chi connectivity index (χ0v) is 13.7. The van der Waals surface area contributed by atoms with E-state index in [4.69, 9.17) is 4.74 Å². The molecule has 2 heterocycles. The Morgan fingerprint density at radius 2 is 2.00 bits per heavy atom. The maximum absolute atomic E-state index is 5.42. The number of benzene rings is 2. The van der Waals surface area contributed by atoms with Gasteiger partial charge in [0.25, 0.3) is 0 Å². The lowest BCUT2D eigenvalue weighted by atomic mass is 10.1. The topological polar surface area (TPSA) is 53.2 Å². The van der Waals surface area contributed by atoms with Crippen molar-refractivity contribution in [2.45, 2.75) is 13.1 Å². The van der Waals surface area contributed by atoms with Gasteiger partial charge in [-0.05, 0) is 23.3 Å². The van der Waals surface area contributed by atoms with Gasteiger partial charge in [-0.2, -0.15) is 5.10 Å². The Hall–Kier alpha value is -2.37. The molecule has 5 nitrogen and oxygen atoms in total. The summed E-state index contributed by atoms with van der Waals surface area (Å²) >= 11 is 0. The van der Waals surface area contributed by atoms with Gasteiger partial charge in [-0.25, -0.2) is 0 Å². The lowest BCUT2D eigenvalue weighted by Crippen LogP contribution is -2.35. The maximum atomic E-state index is 5.42. The van der Waals surface area contributed by atoms with Crippen LogP contribution in [-0.2, 0) is 17.8 Å². The number of hydrogen-bond donors (Lipinski definition) is 2. The molecular formula is C19H22N4O. The molecule has 0 bridgehead atoms. The number of fused-ring (bicyclic) bond motifs is 1. The molecule has 1 aliphatic heterocycles. The number of hydrogen-bond acceptors (Lipinski definition) is 4. The molecule has 0 radical (unpaired) electrons. The van der Waals surface area contributed by atoms with E-state index < -0.39 is 0 Å². The average Bonchev–Trinajstić information content (AvgIpc) is 3.10. The number of nitrogens with one attached hydrogen (secondary N) is 2. The van der Waals surface area contributed by atoms with E-state index in [-0.39, 0.29) is 0 Å². The summed E-state index contributed by atoms with van der Waals surface area (Å²) in [4.78, 5) is 2.44. The Balaban J connectivity index is 1.43. The normalized spacial score (nSPS) is 15.7. The number of rotatable bonds is 5. The summed E-state index contributed by atoms with van der Waals surface area (Å²) in [5.74, 6) is 0. The van der Waals surface area contributed by atoms with Crippen molar-refractivity contribution in [3.63, 3.8) is 0 Å². The first-order chi connectivity index (χ1) is 11.9. The van der Waals surface area contributed by atoms with Gasteiger partial charge in [0.2, 0.25) is 0 Å². The maximum Gasteiger partial charge on any atom is 0.0700 e. The van der Waals surface area contributed by atoms with E-state index in [1.807, 2.05) is 6.20 Å². The zero-order valence-electron chi connectivity index (χ0n) is 13.7. The number of morpholine rings is 1. The predicted octanol–water partition coefficient (Wildman–Crippen LogP) is 3.01. The Kier molecular flexibility index (Phi) is 4.44. The number of anilines is 1. The van der Waals surface area contributed by atoms with Crippen LogP contribution in [0.1, 0.15) is 11.1 Å². The highest BCUT2D eigenvalue weighted by Gasteiger charge is 2.10. The predicted molar refractivity (Wildman–Crippen MR) is 96.0 cm³/mol. The smallest absolute Gasteiger partial charge is 0.0700 e. The van der Waals surface area contributed by atoms with E-state index in [9.17, 15) is 0 Å². The van der Waals surface area contributed by atoms with E-state index >= 15 is 0 Å². The second-order valence-corrected chi connectivity index (χ2v) is 6.19. The van der Waals surface area contributed by atoms with Gasteiger partial charge in [-0.1, -0.05) is 30.3 Å². The Bertz CT molecular complexity index is 808. The van der Waals surface area contributed by atoms with Crippen LogP contribution in [0.4, 0.5) is 5.69 Å². The first-order valence-corrected chi connectivity index (χ1v) is 8.42. The quantitative estimate of drug-likeness (QED) is 0.758. The molecule has 0 saturated carbocycles. The Morgan fingerprint density at radius 3 is 2.92 bits per heavy atom. The van der Waals surface area contributed by atoms with Crippen molar-refractivity contribution >= 4 is 16.6 Å². The Morgan fingerprint density at radius 1 is 1.12 bits per heavy atom. The summed E-state index contributed by atoms with van der Waals surface area (Å²) < 4.78 is 5.42. The fourth-order valence-corrected chi connectivity index (χ4v) is 3.17. The number of aromatic amines is 1. The number of para-hydroxylation sites is 1. The summed E-state index contributed by atoms with van der Waals surface area (Å²) in [6, 6.07) is 14.9. The van der Waals surface area contributed by atoms with Crippen molar-refractivity contribution in [2.75, 3.05) is 31.6 Å². The third-order valence-corrected chi connectivity index (χ3v) is 4.48. The molecular weight excluding hydrogens is 300 g/mol. The average molecular weight is 322 g/mol. The van der Waals surface area contributed by atoms with Crippen LogP contribution >= 0.6 is 0 Å². The minimum atomic E-state index is 0.778. The summed E-state index contributed by atoms with van der Waals surface area (Å²) in [6.45, 7) is 5.47. The third-order valence-electron chi connectivity index (χ3n) is 4.48. The lowest BCUT2D eigenvalue weighted by molar-refractivity contribution is 0.0342. The van der Waals surface area contributed by atoms with Crippen LogP contribution in [0.2, 0.25) is 0 Å². The van der Waals surface area contributed by atoms with Crippen LogP contribution in [-0.4, -0.2) is 41.4 Å². The van der Waals surface area contributed by atoms with Crippen LogP contribution in [0.5, 0.6) is 0 Å². The summed E-state index contributed by atoms with van der Waals surface area (Å²) in [5, 5.41) is 11.9. The van der Waals surface area contributed by atoms with Gasteiger partial charge in [0, 0.05) is 37.3 Å². The molecule has 0 amide bonds. The summed E-state index contributed by atoms with van der Waals surface area (Å²) in [5.41, 5.74) is 4.82. The highest BCUT2D eigenvalue weighted by Crippen LogP contribution is 2.18. The first-order valence-electron chi connectivity index (χ1n) is 8.42. The van der Waals surface area contributed by atoms with E-state index in [2.05, 4.69) is 62.9 Å². The van der Waals surface area contributed by atoms with Crippen LogP contribution in [0, 0.1) is 0 Å². The fraction of sp³-hybridized carbons (Fsp3) is 0.316. The van der Waals surface area contributed by atoms with Gasteiger partial charge < -0.3 is 10.1 Å². The SMILES string of the molecule is c1cc(CN2CCOCC2)cc(NCc2cccc3cn[nH]c23)c1. The number of ether oxygens (including phenoxy) is 1. The highest BCUT2D eigenvalue weighted by molar-refractivity contribution is 5.81. The van der Waals surface area contributed by atoms with Gasteiger partial charge in [0.1, 0.15) is 0 Å². The molecule has 0 unspecified atom stereocenters. The molecule has 124 valence electrons. The van der Waals surface area contributed by atoms with Gasteiger partial charge in [-0.15, -0.1) is 0 Å². The molecule has 24 heavy (non-hydrogen) atoms. The second kappa shape index (κ2) is 7.03. The lowest BCUT2D eigenvalue weighted by Gasteiger charge is -2.26. The van der Waals surface area contributed by atoms with Gasteiger partial charge >= 0.3 is 0 Å². The monoisotopic (exact) mass is 322 g/mol. The standard InChI is InChI=1S/C19H22N4O/c1-3-15(14-23-7-9-24-10-8-23)11-18(6-1)20-12-16-4-2-5-17-13-21-22-19(16)17/h1-6,11,13,20H,7-10,12,14H2,(H,21,22). The van der Waals surface area contributed by atoms with E-state index in [1.54, 1.807) is 0 Å². The molecule has 5 heteroatoms. The van der Waals surface area contributed by atoms with E-state index in [0.717, 1.165) is 56.0 Å². The molecule has 4 rings (SSSR count). The zero-order chi connectivity index (χ0) is 16.2. The van der Waals surface area contributed by atoms with Crippen LogP contribution < -0.4 is 5.32 Å². The van der Waals surface area contributed by atoms with Gasteiger partial charge in [0.15, 0.2) is 0 Å². The molecule has 1 aromatic heterocycles. The molecule has 3 aromatic rings. The minimum Gasteiger partial charge on any atom is -0.381 e. The second-order valence-electron chi connectivity index (χ2n) is 6.19. The molecule has 1 saturated heterocycles. The largest absolute Gasteiger partial charge is 0.381 e. The van der Waals surface area contributed by atoms with Gasteiger partial charge in [-0.3, -0.25) is 10.00 Å². The molecule has 2 aromatic carbocycles. The summed E-state index contributed by atoms with van der Waals surface area (Å²) in [6.07, 6.45) is 1.86. The van der Waals surface area contributed by atoms with Crippen LogP contribution in [0.25, 0.3) is 10.9 Å². The van der Waals surface area contributed by atoms with Crippen molar-refractivity contribution in [3.8, 4) is 0 Å². The Labute approximate surface area is 141 Å². The van der Waals surface area contributed by atoms with Crippen molar-refractivity contribution in [1.82, 2.24) is 15.1 Å². The van der Waals surface area contributed by atoms with Gasteiger partial charge in [0.05, 0.1) is 24.9 Å². The van der Waals surface area contributed by atoms with Crippen molar-refractivity contribution in [2.24, 2.45) is 0 Å². The van der Waals surface area contributed by atoms with Crippen molar-refractivity contribution < 1.29 is 4.74 Å². The van der Waals surface area contributed by atoms with E-state index in [1.165, 1.54) is 11.1 Å². The van der Waals surface area contributed by atoms with E-state index in [0.29, 0.717) is 0 Å². The van der Waals surface area contributed by atoms with Crippen molar-refractivity contribution in [3.05, 3.63) is 59.8 Å². The number of H-pyrrole nitrogens is 1. The molecule has 0 spiro atoms. The molecule has 2 N–H and O–H groups in total. The molecule has 0 aliphatic carbocycles. The molecule has 1 fully saturated rings. The number of aromatic nitrogens is 2. The van der Waals surface area contributed by atoms with Crippen LogP contribution in [0.15, 0.2) is 48.7 Å². The molecule has 1 aliphatic rings. The third kappa shape index (κ3) is 3.42. The molecule has 0 atom stereocenters. The fourth-order valence-electron chi connectivity index (χ4n) is 3.17. The highest BCUT2D eigenvalue weighted by atomic mass is 16.5.